The molecule has 0 atom stereocenters. The molecule has 0 bridgehead atoms. The van der Waals surface area contributed by atoms with Crippen molar-refractivity contribution in [1.29, 1.82) is 0 Å². The zero-order chi connectivity index (χ0) is 25.3. The van der Waals surface area contributed by atoms with Crippen molar-refractivity contribution in [2.24, 2.45) is 0 Å². The average molecular weight is 471 g/mol. The van der Waals surface area contributed by atoms with Crippen LogP contribution in [0, 0.1) is 23.7 Å². The van der Waals surface area contributed by atoms with Gasteiger partial charge in [0.2, 0.25) is 0 Å². The molecule has 0 aliphatic carbocycles. The zero-order valence-electron chi connectivity index (χ0n) is 20.8. The van der Waals surface area contributed by atoms with E-state index in [1.165, 1.54) is 22.3 Å². The fraction of sp³-hybridized carbons (Fsp3) is 0.0270. The minimum atomic E-state index is 0.987. The first kappa shape index (κ1) is 23.7. The van der Waals surface area contributed by atoms with Crippen molar-refractivity contribution in [3.63, 3.8) is 0 Å². The van der Waals surface area contributed by atoms with Crippen LogP contribution in [0.25, 0.3) is 11.1 Å². The molecule has 0 fully saturated rings. The number of benzene rings is 5. The Labute approximate surface area is 220 Å². The van der Waals surface area contributed by atoms with Gasteiger partial charge in [0.05, 0.1) is 0 Å². The van der Waals surface area contributed by atoms with E-state index >= 15 is 0 Å². The van der Waals surface area contributed by atoms with Gasteiger partial charge in [-0.3, -0.25) is 0 Å². The van der Waals surface area contributed by atoms with Gasteiger partial charge in [-0.2, -0.15) is 0 Å². The van der Waals surface area contributed by atoms with Gasteiger partial charge in [-0.15, -0.1) is 5.92 Å². The van der Waals surface area contributed by atoms with E-state index in [1.54, 1.807) is 0 Å². The summed E-state index contributed by atoms with van der Waals surface area (Å²) in [5.41, 5.74) is 10.0. The van der Waals surface area contributed by atoms with Crippen LogP contribution in [0.4, 0.5) is 0 Å². The Hall–Kier alpha value is -5.04. The van der Waals surface area contributed by atoms with Gasteiger partial charge in [0.25, 0.3) is 0 Å². The molecule has 0 amide bonds. The van der Waals surface area contributed by atoms with Crippen LogP contribution in [0.1, 0.15) is 45.9 Å². The Morgan fingerprint density at radius 2 is 0.676 bits per heavy atom. The molecule has 5 aromatic carbocycles. The van der Waals surface area contributed by atoms with Crippen LogP contribution >= 0.6 is 0 Å². The normalized spacial score (nSPS) is 9.86. The first-order valence-corrected chi connectivity index (χ1v) is 12.4. The van der Waals surface area contributed by atoms with E-state index in [0.29, 0.717) is 0 Å². The molecule has 174 valence electrons. The predicted molar refractivity (Wildman–Crippen MR) is 156 cm³/mol. The molecule has 0 radical (unpaired) electrons. The average Bonchev–Trinajstić information content (AvgIpc) is 2.97. The molecule has 0 unspecified atom stereocenters. The Bertz CT molecular complexity index is 1570. The molecule has 0 aliphatic heterocycles. The fourth-order valence-electron chi connectivity index (χ4n) is 4.37. The minimum absolute atomic E-state index is 0.987. The Morgan fingerprint density at radius 1 is 0.351 bits per heavy atom. The van der Waals surface area contributed by atoms with Crippen LogP contribution in [0.15, 0.2) is 140 Å². The topological polar surface area (TPSA) is 0 Å². The van der Waals surface area contributed by atoms with Crippen LogP contribution in [0.5, 0.6) is 0 Å². The van der Waals surface area contributed by atoms with Gasteiger partial charge >= 0.3 is 0 Å². The quantitative estimate of drug-likeness (QED) is 0.183. The highest BCUT2D eigenvalue weighted by molar-refractivity contribution is 6.04. The third kappa shape index (κ3) is 5.79. The molecule has 0 heteroatoms. The molecule has 0 saturated heterocycles. The van der Waals surface area contributed by atoms with Crippen LogP contribution < -0.4 is 0 Å². The highest BCUT2D eigenvalue weighted by atomic mass is 14.2. The van der Waals surface area contributed by atoms with E-state index < -0.39 is 0 Å². The third-order valence-electron chi connectivity index (χ3n) is 6.12. The van der Waals surface area contributed by atoms with Crippen molar-refractivity contribution in [2.45, 2.75) is 6.92 Å². The summed E-state index contributed by atoms with van der Waals surface area (Å²) in [7, 11) is 0. The van der Waals surface area contributed by atoms with Crippen molar-refractivity contribution >= 4 is 11.1 Å². The molecular formula is C37H26. The van der Waals surface area contributed by atoms with Gasteiger partial charge in [-0.1, -0.05) is 121 Å². The van der Waals surface area contributed by atoms with E-state index in [0.717, 1.165) is 27.8 Å². The van der Waals surface area contributed by atoms with Crippen molar-refractivity contribution in [1.82, 2.24) is 0 Å². The van der Waals surface area contributed by atoms with Crippen molar-refractivity contribution < 1.29 is 0 Å². The summed E-state index contributed by atoms with van der Waals surface area (Å²) in [4.78, 5) is 0. The summed E-state index contributed by atoms with van der Waals surface area (Å²) in [6.45, 7) is 1.87. The maximum absolute atomic E-state index is 3.30. The molecule has 0 heterocycles. The van der Waals surface area contributed by atoms with Gasteiger partial charge in [-0.25, -0.2) is 0 Å². The van der Waals surface area contributed by atoms with Crippen LogP contribution in [0.2, 0.25) is 0 Å². The summed E-state index contributed by atoms with van der Waals surface area (Å²) < 4.78 is 0. The van der Waals surface area contributed by atoms with Gasteiger partial charge < -0.3 is 0 Å². The zero-order valence-corrected chi connectivity index (χ0v) is 20.8. The largest absolute Gasteiger partial charge is 0.101 e. The molecule has 5 aromatic rings. The van der Waals surface area contributed by atoms with Crippen LogP contribution in [0.3, 0.4) is 0 Å². The summed E-state index contributed by atoms with van der Waals surface area (Å²) in [5, 5.41) is 0. The maximum atomic E-state index is 3.30. The monoisotopic (exact) mass is 470 g/mol. The minimum Gasteiger partial charge on any atom is -0.101 e. The lowest BCUT2D eigenvalue weighted by molar-refractivity contribution is 1.49. The molecule has 0 spiro atoms. The lowest BCUT2D eigenvalue weighted by Gasteiger charge is -2.18. The van der Waals surface area contributed by atoms with Gasteiger partial charge in [0.1, 0.15) is 0 Å². The summed E-state index contributed by atoms with van der Waals surface area (Å²) in [6, 6.07) is 48.4. The van der Waals surface area contributed by atoms with Gasteiger partial charge in [0, 0.05) is 16.7 Å². The number of hydrogen-bond acceptors (Lipinski definition) is 0. The first-order valence-electron chi connectivity index (χ1n) is 12.4. The van der Waals surface area contributed by atoms with Gasteiger partial charge in [0.15, 0.2) is 0 Å². The van der Waals surface area contributed by atoms with E-state index in [-0.39, 0.29) is 0 Å². The first-order chi connectivity index (χ1) is 18.3. The van der Waals surface area contributed by atoms with E-state index in [4.69, 9.17) is 0 Å². The van der Waals surface area contributed by atoms with Crippen molar-refractivity contribution in [3.8, 4) is 23.7 Å². The van der Waals surface area contributed by atoms with E-state index in [9.17, 15) is 0 Å². The molecule has 0 nitrogen and oxygen atoms in total. The second kappa shape index (κ2) is 11.6. The summed E-state index contributed by atoms with van der Waals surface area (Å²) in [5.74, 6) is 12.7. The lowest BCUT2D eigenvalue weighted by atomic mass is 9.85. The fourth-order valence-corrected chi connectivity index (χ4v) is 4.37. The molecule has 37 heavy (non-hydrogen) atoms. The van der Waals surface area contributed by atoms with Crippen LogP contribution in [-0.2, 0) is 0 Å². The smallest absolute Gasteiger partial charge is 0.0249 e. The molecule has 0 N–H and O–H groups in total. The lowest BCUT2D eigenvalue weighted by Crippen LogP contribution is -1.98. The Morgan fingerprint density at radius 3 is 1.08 bits per heavy atom. The Balaban J connectivity index is 1.69. The Kier molecular flexibility index (Phi) is 7.42. The standard InChI is InChI=1S/C37H26/c1-2-12-29-21-25-34(26-22-29)37(36(32-15-8-4-9-16-32)33-17-10-5-11-18-33)35-27-23-31(24-28-35)20-19-30-13-6-3-7-14-30/h3-11,13-18,21-28H,1H3. The highest BCUT2D eigenvalue weighted by Gasteiger charge is 2.16. The van der Waals surface area contributed by atoms with Crippen molar-refractivity contribution in [3.05, 3.63) is 178 Å². The second-order valence-corrected chi connectivity index (χ2v) is 8.63. The van der Waals surface area contributed by atoms with Crippen molar-refractivity contribution in [2.75, 3.05) is 0 Å². The molecule has 0 saturated carbocycles. The molecule has 5 rings (SSSR count). The summed E-state index contributed by atoms with van der Waals surface area (Å²) in [6.07, 6.45) is 0. The second-order valence-electron chi connectivity index (χ2n) is 8.63. The molecule has 0 aromatic heterocycles. The molecular weight excluding hydrogens is 444 g/mol. The third-order valence-corrected chi connectivity index (χ3v) is 6.12. The van der Waals surface area contributed by atoms with Crippen LogP contribution in [-0.4, -0.2) is 0 Å². The summed E-state index contributed by atoms with van der Waals surface area (Å²) >= 11 is 0. The number of hydrogen-bond donors (Lipinski definition) is 0. The number of rotatable bonds is 4. The van der Waals surface area contributed by atoms with E-state index in [2.05, 4.69) is 133 Å². The molecule has 0 aliphatic rings. The van der Waals surface area contributed by atoms with Gasteiger partial charge in [-0.05, 0) is 76.7 Å². The van der Waals surface area contributed by atoms with E-state index in [1.807, 2.05) is 37.3 Å². The highest BCUT2D eigenvalue weighted by Crippen LogP contribution is 2.37. The maximum Gasteiger partial charge on any atom is 0.0249 e. The predicted octanol–water partition coefficient (Wildman–Crippen LogP) is 8.47. The SMILES string of the molecule is CC#Cc1ccc(C(=C(c2ccccc2)c2ccccc2)c2ccc(C#Cc3ccccc3)cc2)cc1.